The zero-order chi connectivity index (χ0) is 14.5. The Kier molecular flexibility index (Phi) is 4.45. The summed E-state index contributed by atoms with van der Waals surface area (Å²) in [5.41, 5.74) is 2.21. The molecule has 6 nitrogen and oxygen atoms in total. The molecule has 0 saturated carbocycles. The average Bonchev–Trinajstić information content (AvgIpc) is 2.93. The number of rotatable bonds is 5. The van der Waals surface area contributed by atoms with Crippen molar-refractivity contribution in [3.63, 3.8) is 0 Å². The summed E-state index contributed by atoms with van der Waals surface area (Å²) in [5.74, 6) is -0.0412. The van der Waals surface area contributed by atoms with Gasteiger partial charge in [0.15, 0.2) is 0 Å². The minimum absolute atomic E-state index is 0.0942. The molecule has 0 aliphatic heterocycles. The molecule has 1 atom stereocenters. The van der Waals surface area contributed by atoms with Crippen LogP contribution in [0.3, 0.4) is 0 Å². The molecule has 0 aliphatic rings. The lowest BCUT2D eigenvalue weighted by Crippen LogP contribution is -2.33. The zero-order valence-corrected chi connectivity index (χ0v) is 12.0. The van der Waals surface area contributed by atoms with Crippen molar-refractivity contribution in [1.29, 1.82) is 0 Å². The maximum Gasteiger partial charge on any atom is 0.227 e. The molecule has 20 heavy (non-hydrogen) atoms. The van der Waals surface area contributed by atoms with Crippen molar-refractivity contribution in [2.24, 2.45) is 5.92 Å². The summed E-state index contributed by atoms with van der Waals surface area (Å²) in [5, 5.41) is 4.02. The number of carbonyl (C=O) groups excluding carboxylic acids is 1. The number of aromatic nitrogens is 4. The van der Waals surface area contributed by atoms with E-state index in [9.17, 15) is 4.79 Å². The van der Waals surface area contributed by atoms with Crippen LogP contribution in [-0.2, 0) is 17.9 Å². The molecule has 0 bridgehead atoms. The van der Waals surface area contributed by atoms with Gasteiger partial charge in [-0.15, -0.1) is 0 Å². The normalized spacial score (nSPS) is 12.2. The molecule has 0 radical (unpaired) electrons. The molecule has 2 aromatic heterocycles. The number of aryl methyl sites for hydroxylation is 1. The van der Waals surface area contributed by atoms with Crippen LogP contribution in [0.1, 0.15) is 18.1 Å². The van der Waals surface area contributed by atoms with Crippen molar-refractivity contribution in [3.05, 3.63) is 42.2 Å². The third kappa shape index (κ3) is 3.40. The number of hydrogen-bond acceptors (Lipinski definition) is 4. The molecule has 106 valence electrons. The number of pyridine rings is 1. The Morgan fingerprint density at radius 3 is 2.90 bits per heavy atom. The Hall–Kier alpha value is -2.24. The van der Waals surface area contributed by atoms with Gasteiger partial charge in [-0.1, -0.05) is 6.92 Å². The van der Waals surface area contributed by atoms with Gasteiger partial charge in [-0.3, -0.25) is 14.5 Å². The second-order valence-electron chi connectivity index (χ2n) is 5.02. The number of carbonyl (C=O) groups is 1. The first-order valence-corrected chi connectivity index (χ1v) is 6.55. The van der Waals surface area contributed by atoms with Crippen LogP contribution in [0.4, 0.5) is 0 Å². The van der Waals surface area contributed by atoms with Gasteiger partial charge in [0.25, 0.3) is 0 Å². The highest BCUT2D eigenvalue weighted by Crippen LogP contribution is 2.11. The predicted molar refractivity (Wildman–Crippen MR) is 74.6 cm³/mol. The SMILES string of the molecule is Cc1cnccc1CN(C)C(=O)C(C)Cn1cncn1. The summed E-state index contributed by atoms with van der Waals surface area (Å²) < 4.78 is 1.67. The van der Waals surface area contributed by atoms with Crippen LogP contribution in [0.2, 0.25) is 0 Å². The molecule has 2 aromatic rings. The fraction of sp³-hybridized carbons (Fsp3) is 0.429. The minimum Gasteiger partial charge on any atom is -0.341 e. The highest BCUT2D eigenvalue weighted by Gasteiger charge is 2.18. The lowest BCUT2D eigenvalue weighted by molar-refractivity contribution is -0.134. The number of nitrogens with zero attached hydrogens (tertiary/aromatic N) is 5. The first kappa shape index (κ1) is 14.2. The van der Waals surface area contributed by atoms with Crippen molar-refractivity contribution in [2.75, 3.05) is 7.05 Å². The molecule has 0 spiro atoms. The first-order valence-electron chi connectivity index (χ1n) is 6.55. The predicted octanol–water partition coefficient (Wildman–Crippen LogP) is 1.28. The van der Waals surface area contributed by atoms with Gasteiger partial charge >= 0.3 is 0 Å². The van der Waals surface area contributed by atoms with E-state index in [0.29, 0.717) is 13.1 Å². The Morgan fingerprint density at radius 1 is 1.45 bits per heavy atom. The molecule has 0 saturated heterocycles. The van der Waals surface area contributed by atoms with Gasteiger partial charge < -0.3 is 4.90 Å². The monoisotopic (exact) mass is 273 g/mol. The van der Waals surface area contributed by atoms with Gasteiger partial charge in [0.05, 0.1) is 12.5 Å². The van der Waals surface area contributed by atoms with Crippen molar-refractivity contribution in [2.45, 2.75) is 26.9 Å². The molecule has 0 N–H and O–H groups in total. The van der Waals surface area contributed by atoms with Crippen LogP contribution >= 0.6 is 0 Å². The van der Waals surface area contributed by atoms with Crippen LogP contribution in [0.15, 0.2) is 31.1 Å². The summed E-state index contributed by atoms with van der Waals surface area (Å²) in [6.45, 7) is 5.03. The Morgan fingerprint density at radius 2 is 2.25 bits per heavy atom. The summed E-state index contributed by atoms with van der Waals surface area (Å²) in [6, 6.07) is 1.95. The maximum absolute atomic E-state index is 12.3. The molecule has 2 rings (SSSR count). The zero-order valence-electron chi connectivity index (χ0n) is 12.0. The highest BCUT2D eigenvalue weighted by atomic mass is 16.2. The van der Waals surface area contributed by atoms with E-state index in [1.807, 2.05) is 33.2 Å². The summed E-state index contributed by atoms with van der Waals surface area (Å²) in [7, 11) is 1.82. The summed E-state index contributed by atoms with van der Waals surface area (Å²) in [4.78, 5) is 22.0. The van der Waals surface area contributed by atoms with Gasteiger partial charge in [0.1, 0.15) is 12.7 Å². The molecule has 2 heterocycles. The van der Waals surface area contributed by atoms with E-state index in [1.54, 1.807) is 22.1 Å². The molecule has 6 heteroatoms. The van der Waals surface area contributed by atoms with Crippen molar-refractivity contribution < 1.29 is 4.79 Å². The van der Waals surface area contributed by atoms with Crippen LogP contribution in [-0.4, -0.2) is 37.6 Å². The molecule has 1 amide bonds. The molecular formula is C14H19N5O. The Labute approximate surface area is 118 Å². The smallest absolute Gasteiger partial charge is 0.227 e. The van der Waals surface area contributed by atoms with E-state index in [0.717, 1.165) is 11.1 Å². The van der Waals surface area contributed by atoms with Crippen LogP contribution in [0, 0.1) is 12.8 Å². The number of amides is 1. The van der Waals surface area contributed by atoms with Gasteiger partial charge in [0.2, 0.25) is 5.91 Å². The molecule has 0 aromatic carbocycles. The third-order valence-corrected chi connectivity index (χ3v) is 3.27. The Bertz CT molecular complexity index is 567. The van der Waals surface area contributed by atoms with E-state index in [-0.39, 0.29) is 11.8 Å². The Balaban J connectivity index is 1.96. The lowest BCUT2D eigenvalue weighted by atomic mass is 10.1. The topological polar surface area (TPSA) is 63.9 Å². The fourth-order valence-electron chi connectivity index (χ4n) is 2.07. The van der Waals surface area contributed by atoms with Crippen LogP contribution in [0.25, 0.3) is 0 Å². The highest BCUT2D eigenvalue weighted by molar-refractivity contribution is 5.78. The van der Waals surface area contributed by atoms with Gasteiger partial charge in [-0.05, 0) is 24.1 Å². The van der Waals surface area contributed by atoms with E-state index in [1.165, 1.54) is 6.33 Å². The standard InChI is InChI=1S/C14H19N5O/c1-11-6-15-5-4-13(11)8-18(3)14(20)12(2)7-19-10-16-9-17-19/h4-6,9-10,12H,7-8H2,1-3H3. The second kappa shape index (κ2) is 6.27. The van der Waals surface area contributed by atoms with E-state index < -0.39 is 0 Å². The van der Waals surface area contributed by atoms with Gasteiger partial charge in [-0.25, -0.2) is 4.98 Å². The van der Waals surface area contributed by atoms with Crippen LogP contribution < -0.4 is 0 Å². The lowest BCUT2D eigenvalue weighted by Gasteiger charge is -2.22. The van der Waals surface area contributed by atoms with Crippen molar-refractivity contribution in [1.82, 2.24) is 24.6 Å². The quantitative estimate of drug-likeness (QED) is 0.823. The largest absolute Gasteiger partial charge is 0.341 e. The van der Waals surface area contributed by atoms with Gasteiger partial charge in [-0.2, -0.15) is 5.10 Å². The van der Waals surface area contributed by atoms with Crippen LogP contribution in [0.5, 0.6) is 0 Å². The van der Waals surface area contributed by atoms with Gasteiger partial charge in [0, 0.05) is 26.0 Å². The summed E-state index contributed by atoms with van der Waals surface area (Å²) >= 11 is 0. The summed E-state index contributed by atoms with van der Waals surface area (Å²) in [6.07, 6.45) is 6.66. The molecule has 0 aliphatic carbocycles. The average molecular weight is 273 g/mol. The van der Waals surface area contributed by atoms with E-state index in [4.69, 9.17) is 0 Å². The molecule has 0 fully saturated rings. The van der Waals surface area contributed by atoms with E-state index in [2.05, 4.69) is 15.1 Å². The maximum atomic E-state index is 12.3. The third-order valence-electron chi connectivity index (χ3n) is 3.27. The molecule has 1 unspecified atom stereocenters. The second-order valence-corrected chi connectivity index (χ2v) is 5.02. The number of hydrogen-bond donors (Lipinski definition) is 0. The van der Waals surface area contributed by atoms with E-state index >= 15 is 0 Å². The molecular weight excluding hydrogens is 254 g/mol. The van der Waals surface area contributed by atoms with Crippen molar-refractivity contribution in [3.8, 4) is 0 Å². The fourth-order valence-corrected chi connectivity index (χ4v) is 2.07. The first-order chi connectivity index (χ1) is 9.58. The minimum atomic E-state index is -0.135. The van der Waals surface area contributed by atoms with Crippen molar-refractivity contribution >= 4 is 5.91 Å².